The number of ether oxygens (including phenoxy) is 2. The summed E-state index contributed by atoms with van der Waals surface area (Å²) in [4.78, 5) is 5.83. The van der Waals surface area contributed by atoms with Crippen LogP contribution in [0.4, 0.5) is 8.78 Å². The van der Waals surface area contributed by atoms with Crippen LogP contribution in [-0.4, -0.2) is 80.3 Å². The number of piperazine rings is 1. The second-order valence-corrected chi connectivity index (χ2v) is 11.0. The maximum absolute atomic E-state index is 13.5. The first-order chi connectivity index (χ1) is 18.9. The van der Waals surface area contributed by atoms with Crippen molar-refractivity contribution in [1.29, 1.82) is 0 Å². The molecule has 1 unspecified atom stereocenters. The molecule has 0 spiro atoms. The Morgan fingerprint density at radius 2 is 1.36 bits per heavy atom. The summed E-state index contributed by atoms with van der Waals surface area (Å²) < 4.78 is 37.7. The number of hydrogen-bond donors (Lipinski definition) is 1. The van der Waals surface area contributed by atoms with E-state index in [9.17, 15) is 13.9 Å². The average molecular weight is 557 g/mol. The predicted octanol–water partition coefficient (Wildman–Crippen LogP) is 5.66. The SMILES string of the molecule is COc1ccc(SCC(O)CN2CCN(CCCC(c3ccc(F)cc3)c3ccc(F)cc3)CC2)cc1OC. The Bertz CT molecular complexity index is 1110. The van der Waals surface area contributed by atoms with Gasteiger partial charge in [0.05, 0.1) is 20.3 Å². The summed E-state index contributed by atoms with van der Waals surface area (Å²) in [5.74, 6) is 1.60. The van der Waals surface area contributed by atoms with E-state index < -0.39 is 6.10 Å². The monoisotopic (exact) mass is 556 g/mol. The third kappa shape index (κ3) is 8.67. The van der Waals surface area contributed by atoms with Crippen LogP contribution >= 0.6 is 11.8 Å². The van der Waals surface area contributed by atoms with Crippen molar-refractivity contribution in [1.82, 2.24) is 9.80 Å². The van der Waals surface area contributed by atoms with Gasteiger partial charge in [0, 0.05) is 49.3 Å². The third-order valence-electron chi connectivity index (χ3n) is 7.24. The lowest BCUT2D eigenvalue weighted by atomic mass is 9.87. The molecule has 0 amide bonds. The van der Waals surface area contributed by atoms with Gasteiger partial charge in [-0.2, -0.15) is 0 Å². The Morgan fingerprint density at radius 1 is 0.795 bits per heavy atom. The molecule has 5 nitrogen and oxygen atoms in total. The molecule has 210 valence electrons. The second kappa shape index (κ2) is 14.7. The maximum Gasteiger partial charge on any atom is 0.161 e. The first-order valence-corrected chi connectivity index (χ1v) is 14.4. The minimum Gasteiger partial charge on any atom is -0.493 e. The first kappa shape index (κ1) is 29.3. The van der Waals surface area contributed by atoms with Gasteiger partial charge in [-0.1, -0.05) is 24.3 Å². The minimum absolute atomic E-state index is 0.103. The van der Waals surface area contributed by atoms with Crippen LogP contribution in [0.1, 0.15) is 29.9 Å². The molecule has 1 fully saturated rings. The summed E-state index contributed by atoms with van der Waals surface area (Å²) in [5, 5.41) is 10.6. The van der Waals surface area contributed by atoms with E-state index in [0.29, 0.717) is 23.8 Å². The molecular formula is C31H38F2N2O3S. The van der Waals surface area contributed by atoms with Crippen LogP contribution in [-0.2, 0) is 0 Å². The first-order valence-electron chi connectivity index (χ1n) is 13.4. The predicted molar refractivity (Wildman–Crippen MR) is 153 cm³/mol. The topological polar surface area (TPSA) is 45.2 Å². The van der Waals surface area contributed by atoms with Crippen molar-refractivity contribution in [2.24, 2.45) is 0 Å². The molecule has 0 aliphatic carbocycles. The largest absolute Gasteiger partial charge is 0.493 e. The van der Waals surface area contributed by atoms with E-state index in [2.05, 4.69) is 9.80 Å². The van der Waals surface area contributed by atoms with Crippen LogP contribution in [0.3, 0.4) is 0 Å². The number of halogens is 2. The highest BCUT2D eigenvalue weighted by Gasteiger charge is 2.21. The van der Waals surface area contributed by atoms with Gasteiger partial charge in [-0.05, 0) is 73.0 Å². The van der Waals surface area contributed by atoms with Crippen molar-refractivity contribution in [2.75, 3.05) is 59.2 Å². The van der Waals surface area contributed by atoms with Gasteiger partial charge in [0.25, 0.3) is 0 Å². The van der Waals surface area contributed by atoms with Gasteiger partial charge in [0.15, 0.2) is 11.5 Å². The van der Waals surface area contributed by atoms with Gasteiger partial charge >= 0.3 is 0 Å². The highest BCUT2D eigenvalue weighted by atomic mass is 32.2. The van der Waals surface area contributed by atoms with Gasteiger partial charge in [-0.15, -0.1) is 11.8 Å². The number of hydrogen-bond acceptors (Lipinski definition) is 6. The van der Waals surface area contributed by atoms with Gasteiger partial charge in [0.1, 0.15) is 11.6 Å². The number of β-amino-alcohol motifs (C(OH)–C–C–N with tert-alkyl or cyclic N) is 1. The van der Waals surface area contributed by atoms with Crippen LogP contribution < -0.4 is 9.47 Å². The summed E-state index contributed by atoms with van der Waals surface area (Å²) in [6.07, 6.45) is 1.48. The number of benzene rings is 3. The van der Waals surface area contributed by atoms with Crippen molar-refractivity contribution in [3.63, 3.8) is 0 Å². The third-order valence-corrected chi connectivity index (χ3v) is 8.38. The van der Waals surface area contributed by atoms with Crippen LogP contribution in [0.5, 0.6) is 11.5 Å². The molecule has 0 radical (unpaired) electrons. The quantitative estimate of drug-likeness (QED) is 0.274. The Balaban J connectivity index is 1.20. The highest BCUT2D eigenvalue weighted by Crippen LogP contribution is 2.32. The number of methoxy groups -OCH3 is 2. The zero-order valence-corrected chi connectivity index (χ0v) is 23.5. The zero-order valence-electron chi connectivity index (χ0n) is 22.7. The van der Waals surface area contributed by atoms with Crippen molar-refractivity contribution in [3.05, 3.63) is 89.5 Å². The lowest BCUT2D eigenvalue weighted by molar-refractivity contribution is 0.0819. The zero-order chi connectivity index (χ0) is 27.6. The second-order valence-electron chi connectivity index (χ2n) is 9.92. The Kier molecular flexibility index (Phi) is 11.0. The van der Waals surface area contributed by atoms with Crippen LogP contribution in [0.25, 0.3) is 0 Å². The standard InChI is InChI=1S/C31H38F2N2O3S/c1-37-30-14-13-28(20-31(30)38-2)39-22-27(36)21-35-18-16-34(17-19-35)15-3-4-29(23-5-9-25(32)10-6-23)24-7-11-26(33)12-8-24/h5-14,20,27,29,36H,3-4,15-19,21-22H2,1-2H3. The minimum atomic E-state index is -0.415. The van der Waals surface area contributed by atoms with Gasteiger partial charge in [-0.25, -0.2) is 8.78 Å². The summed E-state index contributed by atoms with van der Waals surface area (Å²) in [5.41, 5.74) is 2.10. The highest BCUT2D eigenvalue weighted by molar-refractivity contribution is 7.99. The maximum atomic E-state index is 13.5. The molecule has 4 rings (SSSR count). The van der Waals surface area contributed by atoms with Crippen LogP contribution in [0, 0.1) is 11.6 Å². The molecule has 1 heterocycles. The van der Waals surface area contributed by atoms with E-state index in [0.717, 1.165) is 61.6 Å². The summed E-state index contributed by atoms with van der Waals surface area (Å²) in [6.45, 7) is 5.42. The van der Waals surface area contributed by atoms with E-state index in [4.69, 9.17) is 9.47 Å². The normalized spacial score (nSPS) is 15.4. The van der Waals surface area contributed by atoms with Crippen molar-refractivity contribution in [2.45, 2.75) is 29.8 Å². The van der Waals surface area contributed by atoms with Gasteiger partial charge in [-0.3, -0.25) is 4.90 Å². The van der Waals surface area contributed by atoms with E-state index in [1.165, 1.54) is 24.3 Å². The number of rotatable bonds is 13. The Hall–Kier alpha value is -2.65. The average Bonchev–Trinajstić information content (AvgIpc) is 2.96. The lowest BCUT2D eigenvalue weighted by Crippen LogP contribution is -2.49. The summed E-state index contributed by atoms with van der Waals surface area (Å²) in [6, 6.07) is 19.1. The van der Waals surface area contributed by atoms with Crippen LogP contribution in [0.15, 0.2) is 71.6 Å². The number of nitrogens with zero attached hydrogens (tertiary/aromatic N) is 2. The molecule has 3 aromatic carbocycles. The molecule has 3 aromatic rings. The fraction of sp³-hybridized carbons (Fsp3) is 0.419. The van der Waals surface area contributed by atoms with Crippen LogP contribution in [0.2, 0.25) is 0 Å². The molecule has 1 saturated heterocycles. The van der Waals surface area contributed by atoms with Crippen molar-refractivity contribution < 1.29 is 23.4 Å². The molecule has 1 N–H and O–H groups in total. The Labute approximate surface area is 234 Å². The van der Waals surface area contributed by atoms with E-state index in [-0.39, 0.29) is 17.6 Å². The van der Waals surface area contributed by atoms with Crippen molar-refractivity contribution in [3.8, 4) is 11.5 Å². The molecule has 39 heavy (non-hydrogen) atoms. The van der Waals surface area contributed by atoms with E-state index in [1.54, 1.807) is 26.0 Å². The van der Waals surface area contributed by atoms with E-state index >= 15 is 0 Å². The molecule has 1 aliphatic heterocycles. The summed E-state index contributed by atoms with van der Waals surface area (Å²) in [7, 11) is 3.24. The van der Waals surface area contributed by atoms with Gasteiger partial charge in [0.2, 0.25) is 0 Å². The van der Waals surface area contributed by atoms with Crippen molar-refractivity contribution >= 4 is 11.8 Å². The summed E-state index contributed by atoms with van der Waals surface area (Å²) >= 11 is 1.61. The molecule has 0 aromatic heterocycles. The lowest BCUT2D eigenvalue weighted by Gasteiger charge is -2.35. The molecular weight excluding hydrogens is 518 g/mol. The van der Waals surface area contributed by atoms with E-state index in [1.807, 2.05) is 42.5 Å². The molecule has 0 saturated carbocycles. The number of aliphatic hydroxyl groups excluding tert-OH is 1. The number of thioether (sulfide) groups is 1. The molecule has 1 atom stereocenters. The molecule has 8 heteroatoms. The Morgan fingerprint density at radius 3 is 1.92 bits per heavy atom. The fourth-order valence-electron chi connectivity index (χ4n) is 5.08. The fourth-order valence-corrected chi connectivity index (χ4v) is 5.92. The molecule has 1 aliphatic rings. The van der Waals surface area contributed by atoms with Gasteiger partial charge < -0.3 is 19.5 Å². The number of aliphatic hydroxyl groups is 1. The smallest absolute Gasteiger partial charge is 0.161 e. The molecule has 0 bridgehead atoms.